The van der Waals surface area contributed by atoms with E-state index in [2.05, 4.69) is 5.32 Å². The summed E-state index contributed by atoms with van der Waals surface area (Å²) in [6.45, 7) is 0. The van der Waals surface area contributed by atoms with E-state index in [0.717, 1.165) is 0 Å². The predicted molar refractivity (Wildman–Crippen MR) is 76.4 cm³/mol. The maximum Gasteiger partial charge on any atom is 0.228 e. The summed E-state index contributed by atoms with van der Waals surface area (Å²) in [5.74, 6) is -0.698. The molecule has 2 aromatic rings. The van der Waals surface area contributed by atoms with Crippen LogP contribution in [0.1, 0.15) is 11.1 Å². The first-order valence-electron chi connectivity index (χ1n) is 6.25. The molecule has 0 aliphatic rings. The number of benzene rings is 2. The lowest BCUT2D eigenvalue weighted by molar-refractivity contribution is -0.115. The summed E-state index contributed by atoms with van der Waals surface area (Å²) in [6, 6.07) is 13.1. The summed E-state index contributed by atoms with van der Waals surface area (Å²) >= 11 is 0. The highest BCUT2D eigenvalue weighted by atomic mass is 19.1. The third-order valence-corrected chi connectivity index (χ3v) is 2.90. The molecule has 0 atom stereocenters. The van der Waals surface area contributed by atoms with Gasteiger partial charge in [0.25, 0.3) is 0 Å². The number of hydrogen-bond acceptors (Lipinski definition) is 3. The monoisotopic (exact) mass is 284 g/mol. The van der Waals surface area contributed by atoms with Crippen molar-refractivity contribution in [1.82, 2.24) is 0 Å². The van der Waals surface area contributed by atoms with Gasteiger partial charge < -0.3 is 10.1 Å². The van der Waals surface area contributed by atoms with Gasteiger partial charge in [0.1, 0.15) is 6.07 Å². The van der Waals surface area contributed by atoms with Crippen molar-refractivity contribution >= 4 is 11.6 Å². The number of anilines is 1. The van der Waals surface area contributed by atoms with E-state index in [0.29, 0.717) is 16.8 Å². The van der Waals surface area contributed by atoms with Gasteiger partial charge in [0.05, 0.1) is 24.8 Å². The zero-order valence-corrected chi connectivity index (χ0v) is 11.4. The van der Waals surface area contributed by atoms with E-state index in [4.69, 9.17) is 10.00 Å². The number of carbonyl (C=O) groups is 1. The van der Waals surface area contributed by atoms with Gasteiger partial charge in [0, 0.05) is 0 Å². The van der Waals surface area contributed by atoms with Gasteiger partial charge in [0.2, 0.25) is 5.91 Å². The predicted octanol–water partition coefficient (Wildman–Crippen LogP) is 2.89. The number of para-hydroxylation sites is 1. The Balaban J connectivity index is 2.08. The second-order valence-electron chi connectivity index (χ2n) is 4.35. The number of methoxy groups -OCH3 is 1. The number of ether oxygens (including phenoxy) is 1. The average Bonchev–Trinajstić information content (AvgIpc) is 2.48. The molecule has 106 valence electrons. The summed E-state index contributed by atoms with van der Waals surface area (Å²) in [5, 5.41) is 11.6. The molecule has 4 nitrogen and oxygen atoms in total. The van der Waals surface area contributed by atoms with Crippen LogP contribution >= 0.6 is 0 Å². The topological polar surface area (TPSA) is 62.1 Å². The third kappa shape index (κ3) is 3.57. The lowest BCUT2D eigenvalue weighted by atomic mass is 10.1. The smallest absolute Gasteiger partial charge is 0.228 e. The van der Waals surface area contributed by atoms with Gasteiger partial charge in [-0.1, -0.05) is 18.2 Å². The molecule has 2 rings (SSSR count). The number of nitriles is 1. The lowest BCUT2D eigenvalue weighted by Gasteiger charge is -2.08. The second kappa shape index (κ2) is 6.53. The fourth-order valence-electron chi connectivity index (χ4n) is 1.89. The van der Waals surface area contributed by atoms with Gasteiger partial charge >= 0.3 is 0 Å². The number of rotatable bonds is 4. The van der Waals surface area contributed by atoms with E-state index in [-0.39, 0.29) is 18.1 Å². The molecule has 0 spiro atoms. The van der Waals surface area contributed by atoms with Crippen LogP contribution < -0.4 is 10.1 Å². The van der Waals surface area contributed by atoms with Crippen LogP contribution in [0.15, 0.2) is 42.5 Å². The first kappa shape index (κ1) is 14.5. The lowest BCUT2D eigenvalue weighted by Crippen LogP contribution is -2.15. The van der Waals surface area contributed by atoms with Crippen molar-refractivity contribution in [2.24, 2.45) is 0 Å². The molecule has 0 bridgehead atoms. The molecule has 21 heavy (non-hydrogen) atoms. The van der Waals surface area contributed by atoms with E-state index >= 15 is 0 Å². The Morgan fingerprint density at radius 3 is 2.76 bits per heavy atom. The number of hydrogen-bond donors (Lipinski definition) is 1. The Morgan fingerprint density at radius 2 is 2.10 bits per heavy atom. The summed E-state index contributed by atoms with van der Waals surface area (Å²) in [5.41, 5.74) is 1.35. The minimum atomic E-state index is -0.514. The van der Waals surface area contributed by atoms with E-state index in [1.807, 2.05) is 6.07 Å². The van der Waals surface area contributed by atoms with Crippen LogP contribution in [0.4, 0.5) is 10.1 Å². The fraction of sp³-hybridized carbons (Fsp3) is 0.125. The normalized spacial score (nSPS) is 9.76. The van der Waals surface area contributed by atoms with E-state index in [9.17, 15) is 9.18 Å². The Hall–Kier alpha value is -2.87. The van der Waals surface area contributed by atoms with Gasteiger partial charge in [-0.25, -0.2) is 4.39 Å². The molecule has 0 saturated heterocycles. The van der Waals surface area contributed by atoms with Gasteiger partial charge in [0.15, 0.2) is 11.6 Å². The van der Waals surface area contributed by atoms with Crippen molar-refractivity contribution in [1.29, 1.82) is 5.26 Å². The molecule has 0 heterocycles. The Morgan fingerprint density at radius 1 is 1.33 bits per heavy atom. The zero-order chi connectivity index (χ0) is 15.2. The number of carbonyl (C=O) groups excluding carboxylic acids is 1. The average molecular weight is 284 g/mol. The molecule has 0 aromatic heterocycles. The van der Waals surface area contributed by atoms with Gasteiger partial charge in [-0.05, 0) is 29.8 Å². The highest BCUT2D eigenvalue weighted by Crippen LogP contribution is 2.19. The summed E-state index contributed by atoms with van der Waals surface area (Å²) in [4.78, 5) is 11.9. The molecule has 0 fully saturated rings. The van der Waals surface area contributed by atoms with Crippen molar-refractivity contribution in [2.45, 2.75) is 6.42 Å². The van der Waals surface area contributed by atoms with Crippen molar-refractivity contribution < 1.29 is 13.9 Å². The van der Waals surface area contributed by atoms with E-state index in [1.165, 1.54) is 19.2 Å². The third-order valence-electron chi connectivity index (χ3n) is 2.90. The molecule has 2 aromatic carbocycles. The van der Waals surface area contributed by atoms with Crippen LogP contribution in [0.2, 0.25) is 0 Å². The highest BCUT2D eigenvalue weighted by Gasteiger charge is 2.09. The molecule has 0 unspecified atom stereocenters. The van der Waals surface area contributed by atoms with Crippen molar-refractivity contribution in [2.75, 3.05) is 12.4 Å². The Kier molecular flexibility index (Phi) is 4.52. The second-order valence-corrected chi connectivity index (χ2v) is 4.35. The molecule has 1 amide bonds. The zero-order valence-electron chi connectivity index (χ0n) is 11.4. The number of halogens is 1. The molecule has 0 radical (unpaired) electrons. The minimum absolute atomic E-state index is 0.0146. The van der Waals surface area contributed by atoms with Crippen LogP contribution in [0.25, 0.3) is 0 Å². The highest BCUT2D eigenvalue weighted by molar-refractivity contribution is 5.93. The van der Waals surface area contributed by atoms with E-state index in [1.54, 1.807) is 30.3 Å². The SMILES string of the molecule is COc1ccc(CC(=O)Nc2ccccc2C#N)cc1F. The molecule has 0 aliphatic heterocycles. The number of amides is 1. The van der Waals surface area contributed by atoms with Crippen LogP contribution in [-0.4, -0.2) is 13.0 Å². The first-order valence-corrected chi connectivity index (χ1v) is 6.25. The Bertz CT molecular complexity index is 708. The van der Waals surface area contributed by atoms with Crippen LogP contribution in [0.3, 0.4) is 0 Å². The Labute approximate surface area is 121 Å². The quantitative estimate of drug-likeness (QED) is 0.939. The molecule has 1 N–H and O–H groups in total. The summed E-state index contributed by atoms with van der Waals surface area (Å²) in [7, 11) is 1.38. The molecular formula is C16H13FN2O2. The number of nitrogens with zero attached hydrogens (tertiary/aromatic N) is 1. The van der Waals surface area contributed by atoms with E-state index < -0.39 is 5.82 Å². The molecule has 0 aliphatic carbocycles. The van der Waals surface area contributed by atoms with Crippen LogP contribution in [0, 0.1) is 17.1 Å². The van der Waals surface area contributed by atoms with Gasteiger partial charge in [-0.15, -0.1) is 0 Å². The molecule has 0 saturated carbocycles. The number of nitrogens with one attached hydrogen (secondary N) is 1. The summed E-state index contributed by atoms with van der Waals surface area (Å²) < 4.78 is 18.4. The maximum absolute atomic E-state index is 13.5. The van der Waals surface area contributed by atoms with Crippen molar-refractivity contribution in [3.05, 3.63) is 59.4 Å². The van der Waals surface area contributed by atoms with Gasteiger partial charge in [-0.3, -0.25) is 4.79 Å². The maximum atomic E-state index is 13.5. The largest absolute Gasteiger partial charge is 0.494 e. The minimum Gasteiger partial charge on any atom is -0.494 e. The molecular weight excluding hydrogens is 271 g/mol. The van der Waals surface area contributed by atoms with Crippen LogP contribution in [-0.2, 0) is 11.2 Å². The van der Waals surface area contributed by atoms with Crippen molar-refractivity contribution in [3.63, 3.8) is 0 Å². The molecule has 5 heteroatoms. The van der Waals surface area contributed by atoms with Crippen molar-refractivity contribution in [3.8, 4) is 11.8 Å². The fourth-order valence-corrected chi connectivity index (χ4v) is 1.89. The first-order chi connectivity index (χ1) is 10.1. The standard InChI is InChI=1S/C16H13FN2O2/c1-21-15-7-6-11(8-13(15)17)9-16(20)19-14-5-3-2-4-12(14)10-18/h2-8H,9H2,1H3,(H,19,20). The van der Waals surface area contributed by atoms with Gasteiger partial charge in [-0.2, -0.15) is 5.26 Å². The van der Waals surface area contributed by atoms with Crippen LogP contribution in [0.5, 0.6) is 5.75 Å². The summed E-state index contributed by atoms with van der Waals surface area (Å²) in [6.07, 6.45) is 0.0146.